The fraction of sp³-hybridized carbons (Fsp3) is 0.429. The average Bonchev–Trinajstić information content (AvgIpc) is 2.39. The molecule has 1 aromatic carbocycles. The lowest BCUT2D eigenvalue weighted by Gasteiger charge is -2.33. The van der Waals surface area contributed by atoms with E-state index in [2.05, 4.69) is 17.4 Å². The van der Waals surface area contributed by atoms with Gasteiger partial charge in [0.25, 0.3) is 5.91 Å². The second kappa shape index (κ2) is 5.78. The number of piperazine rings is 1. The highest BCUT2D eigenvalue weighted by atomic mass is 16.2. The Kier molecular flexibility index (Phi) is 4.10. The van der Waals surface area contributed by atoms with Crippen molar-refractivity contribution < 1.29 is 9.59 Å². The van der Waals surface area contributed by atoms with Crippen LogP contribution in [0.2, 0.25) is 0 Å². The minimum Gasteiger partial charge on any atom is -0.333 e. The third kappa shape index (κ3) is 3.17. The molecule has 18 heavy (non-hydrogen) atoms. The number of ketones is 1. The number of hydrogen-bond acceptors (Lipinski definition) is 3. The average molecular weight is 246 g/mol. The Balaban J connectivity index is 1.95. The molecule has 0 spiro atoms. The smallest absolute Gasteiger partial charge is 0.289 e. The summed E-state index contributed by atoms with van der Waals surface area (Å²) in [5.74, 6) is -0.745. The Hall–Kier alpha value is -1.68. The number of nitrogens with zero attached hydrogens (tertiary/aromatic N) is 1. The highest BCUT2D eigenvalue weighted by molar-refractivity contribution is 6.35. The molecule has 1 heterocycles. The molecule has 0 saturated carbocycles. The number of carbonyl (C=O) groups excluding carboxylic acids is 2. The number of benzene rings is 1. The van der Waals surface area contributed by atoms with E-state index in [1.165, 1.54) is 12.5 Å². The van der Waals surface area contributed by atoms with E-state index < -0.39 is 0 Å². The van der Waals surface area contributed by atoms with Gasteiger partial charge in [-0.15, -0.1) is 0 Å². The fourth-order valence-corrected chi connectivity index (χ4v) is 2.27. The molecule has 1 unspecified atom stereocenters. The molecular weight excluding hydrogens is 228 g/mol. The summed E-state index contributed by atoms with van der Waals surface area (Å²) in [6.07, 6.45) is 0.878. The predicted octanol–water partition coefficient (Wildman–Crippen LogP) is 0.618. The summed E-state index contributed by atoms with van der Waals surface area (Å²) in [5, 5.41) is 3.39. The fourth-order valence-electron chi connectivity index (χ4n) is 2.27. The minimum absolute atomic E-state index is 0.226. The molecule has 1 atom stereocenters. The van der Waals surface area contributed by atoms with Crippen LogP contribution in [0.15, 0.2) is 30.3 Å². The van der Waals surface area contributed by atoms with E-state index >= 15 is 0 Å². The van der Waals surface area contributed by atoms with Gasteiger partial charge in [0.1, 0.15) is 0 Å². The summed E-state index contributed by atoms with van der Waals surface area (Å²) in [6.45, 7) is 3.30. The number of hydrogen-bond donors (Lipinski definition) is 1. The Morgan fingerprint density at radius 1 is 1.33 bits per heavy atom. The van der Waals surface area contributed by atoms with Gasteiger partial charge in [0.15, 0.2) is 0 Å². The van der Waals surface area contributed by atoms with Gasteiger partial charge in [0, 0.05) is 32.6 Å². The van der Waals surface area contributed by atoms with E-state index in [0.717, 1.165) is 13.0 Å². The number of rotatable bonds is 3. The molecule has 0 aliphatic carbocycles. The standard InChI is InChI=1S/C14H18N2O2/c1-11(17)14(18)16-8-7-15-13(10-16)9-12-5-3-2-4-6-12/h2-6,13,15H,7-10H2,1H3. The van der Waals surface area contributed by atoms with Crippen LogP contribution in [0, 0.1) is 0 Å². The molecule has 4 heteroatoms. The van der Waals surface area contributed by atoms with E-state index in [4.69, 9.17) is 0 Å². The van der Waals surface area contributed by atoms with Gasteiger partial charge in [-0.25, -0.2) is 0 Å². The van der Waals surface area contributed by atoms with Gasteiger partial charge in [-0.3, -0.25) is 9.59 Å². The SMILES string of the molecule is CC(=O)C(=O)N1CCNC(Cc2ccccc2)C1. The number of Topliss-reactive ketones (excluding diaryl/α,β-unsaturated/α-hetero) is 1. The van der Waals surface area contributed by atoms with Gasteiger partial charge in [-0.2, -0.15) is 0 Å². The quantitative estimate of drug-likeness (QED) is 0.795. The molecule has 1 aromatic rings. The van der Waals surface area contributed by atoms with Crippen LogP contribution in [0.5, 0.6) is 0 Å². The van der Waals surface area contributed by atoms with E-state index in [-0.39, 0.29) is 17.7 Å². The Bertz CT molecular complexity index is 431. The lowest BCUT2D eigenvalue weighted by Crippen LogP contribution is -2.54. The van der Waals surface area contributed by atoms with Crippen molar-refractivity contribution in [1.82, 2.24) is 10.2 Å². The highest BCUT2D eigenvalue weighted by Gasteiger charge is 2.25. The maximum Gasteiger partial charge on any atom is 0.289 e. The van der Waals surface area contributed by atoms with Crippen molar-refractivity contribution in [1.29, 1.82) is 0 Å². The predicted molar refractivity (Wildman–Crippen MR) is 69.2 cm³/mol. The molecule has 1 aliphatic heterocycles. The maximum atomic E-state index is 11.6. The van der Waals surface area contributed by atoms with Gasteiger partial charge in [-0.05, 0) is 12.0 Å². The molecule has 0 bridgehead atoms. The van der Waals surface area contributed by atoms with Gasteiger partial charge in [0.2, 0.25) is 5.78 Å². The first kappa shape index (κ1) is 12.8. The number of nitrogens with one attached hydrogen (secondary N) is 1. The first-order valence-electron chi connectivity index (χ1n) is 6.24. The molecule has 1 fully saturated rings. The second-order valence-electron chi connectivity index (χ2n) is 4.65. The van der Waals surface area contributed by atoms with Crippen LogP contribution in [-0.2, 0) is 16.0 Å². The van der Waals surface area contributed by atoms with Crippen molar-refractivity contribution >= 4 is 11.7 Å². The van der Waals surface area contributed by atoms with Crippen LogP contribution in [0.3, 0.4) is 0 Å². The molecule has 1 aliphatic rings. The number of carbonyl (C=O) groups is 2. The first-order valence-corrected chi connectivity index (χ1v) is 6.24. The summed E-state index contributed by atoms with van der Waals surface area (Å²) in [7, 11) is 0. The lowest BCUT2D eigenvalue weighted by molar-refractivity contribution is -0.144. The Morgan fingerprint density at radius 3 is 2.72 bits per heavy atom. The summed E-state index contributed by atoms with van der Waals surface area (Å²) < 4.78 is 0. The summed E-state index contributed by atoms with van der Waals surface area (Å²) >= 11 is 0. The zero-order chi connectivity index (χ0) is 13.0. The minimum atomic E-state index is -0.379. The van der Waals surface area contributed by atoms with Crippen molar-refractivity contribution in [3.05, 3.63) is 35.9 Å². The van der Waals surface area contributed by atoms with Crippen LogP contribution in [0.4, 0.5) is 0 Å². The van der Waals surface area contributed by atoms with Gasteiger partial charge in [0.05, 0.1) is 0 Å². The van der Waals surface area contributed by atoms with Crippen molar-refractivity contribution in [3.8, 4) is 0 Å². The van der Waals surface area contributed by atoms with E-state index in [1.807, 2.05) is 18.2 Å². The zero-order valence-corrected chi connectivity index (χ0v) is 10.6. The maximum absolute atomic E-state index is 11.6. The summed E-state index contributed by atoms with van der Waals surface area (Å²) in [4.78, 5) is 24.4. The molecule has 1 N–H and O–H groups in total. The molecule has 1 amide bonds. The molecular formula is C14H18N2O2. The normalized spacial score (nSPS) is 19.6. The highest BCUT2D eigenvalue weighted by Crippen LogP contribution is 2.08. The molecule has 0 aromatic heterocycles. The lowest BCUT2D eigenvalue weighted by atomic mass is 10.0. The molecule has 0 radical (unpaired) electrons. The first-order chi connectivity index (χ1) is 8.66. The third-order valence-electron chi connectivity index (χ3n) is 3.17. The van der Waals surface area contributed by atoms with Gasteiger partial charge >= 0.3 is 0 Å². The van der Waals surface area contributed by atoms with Crippen LogP contribution in [-0.4, -0.2) is 42.3 Å². The van der Waals surface area contributed by atoms with Crippen LogP contribution >= 0.6 is 0 Å². The molecule has 4 nitrogen and oxygen atoms in total. The van der Waals surface area contributed by atoms with E-state index in [1.54, 1.807) is 4.90 Å². The summed E-state index contributed by atoms with van der Waals surface area (Å²) in [6, 6.07) is 10.4. The van der Waals surface area contributed by atoms with E-state index in [0.29, 0.717) is 13.1 Å². The largest absolute Gasteiger partial charge is 0.333 e. The Labute approximate surface area is 107 Å². The number of amides is 1. The Morgan fingerprint density at radius 2 is 2.06 bits per heavy atom. The monoisotopic (exact) mass is 246 g/mol. The second-order valence-corrected chi connectivity index (χ2v) is 4.65. The van der Waals surface area contributed by atoms with Crippen molar-refractivity contribution in [2.24, 2.45) is 0 Å². The molecule has 2 rings (SSSR count). The molecule has 96 valence electrons. The van der Waals surface area contributed by atoms with Crippen LogP contribution in [0.1, 0.15) is 12.5 Å². The summed E-state index contributed by atoms with van der Waals surface area (Å²) in [5.41, 5.74) is 1.24. The van der Waals surface area contributed by atoms with Gasteiger partial charge < -0.3 is 10.2 Å². The molecule has 1 saturated heterocycles. The van der Waals surface area contributed by atoms with Crippen LogP contribution in [0.25, 0.3) is 0 Å². The van der Waals surface area contributed by atoms with Crippen molar-refractivity contribution in [2.75, 3.05) is 19.6 Å². The third-order valence-corrected chi connectivity index (χ3v) is 3.17. The van der Waals surface area contributed by atoms with Crippen molar-refractivity contribution in [3.63, 3.8) is 0 Å². The zero-order valence-electron chi connectivity index (χ0n) is 10.6. The van der Waals surface area contributed by atoms with E-state index in [9.17, 15) is 9.59 Å². The van der Waals surface area contributed by atoms with Crippen molar-refractivity contribution in [2.45, 2.75) is 19.4 Å². The topological polar surface area (TPSA) is 49.4 Å². The van der Waals surface area contributed by atoms with Gasteiger partial charge in [-0.1, -0.05) is 30.3 Å². The van der Waals surface area contributed by atoms with Crippen LogP contribution < -0.4 is 5.32 Å².